The van der Waals surface area contributed by atoms with Gasteiger partial charge in [-0.2, -0.15) is 0 Å². The van der Waals surface area contributed by atoms with Crippen LogP contribution in [-0.2, 0) is 4.74 Å². The maximum absolute atomic E-state index is 6.22. The summed E-state index contributed by atoms with van der Waals surface area (Å²) in [5.41, 5.74) is 0.494. The van der Waals surface area contributed by atoms with Gasteiger partial charge in [0.05, 0.1) is 11.2 Å². The molecule has 1 N–H and O–H groups in total. The van der Waals surface area contributed by atoms with Crippen LogP contribution in [0.1, 0.15) is 87.0 Å². The fraction of sp³-hybridized carbons (Fsp3) is 1.00. The highest BCUT2D eigenvalue weighted by Crippen LogP contribution is 2.42. The second-order valence-electron chi connectivity index (χ2n) is 9.28. The molecule has 1 atom stereocenters. The fourth-order valence-corrected chi connectivity index (χ4v) is 4.44. The van der Waals surface area contributed by atoms with E-state index in [0.717, 1.165) is 12.3 Å². The molecule has 0 aromatic heterocycles. The van der Waals surface area contributed by atoms with Gasteiger partial charge in [0, 0.05) is 12.1 Å². The van der Waals surface area contributed by atoms with Gasteiger partial charge in [0.1, 0.15) is 0 Å². The first-order valence-corrected chi connectivity index (χ1v) is 9.02. The quantitative estimate of drug-likeness (QED) is 0.795. The molecule has 1 saturated heterocycles. The van der Waals surface area contributed by atoms with Gasteiger partial charge in [-0.1, -0.05) is 27.2 Å². The van der Waals surface area contributed by atoms with E-state index in [0.29, 0.717) is 17.5 Å². The van der Waals surface area contributed by atoms with Gasteiger partial charge >= 0.3 is 0 Å². The average Bonchev–Trinajstić information content (AvgIpc) is 2.57. The Balaban J connectivity index is 1.87. The van der Waals surface area contributed by atoms with Gasteiger partial charge < -0.3 is 10.1 Å². The van der Waals surface area contributed by atoms with E-state index in [2.05, 4.69) is 53.8 Å². The number of ether oxygens (including phenoxy) is 1. The van der Waals surface area contributed by atoms with E-state index in [1.165, 1.54) is 32.1 Å². The molecule has 0 aromatic carbocycles. The Kier molecular flexibility index (Phi) is 4.81. The summed E-state index contributed by atoms with van der Waals surface area (Å²) in [7, 11) is 0. The van der Waals surface area contributed by atoms with Gasteiger partial charge in [-0.25, -0.2) is 0 Å². The van der Waals surface area contributed by atoms with E-state index in [9.17, 15) is 0 Å². The highest BCUT2D eigenvalue weighted by molar-refractivity contribution is 5.00. The van der Waals surface area contributed by atoms with Crippen molar-refractivity contribution in [3.63, 3.8) is 0 Å². The molecule has 21 heavy (non-hydrogen) atoms. The second-order valence-corrected chi connectivity index (χ2v) is 9.28. The zero-order valence-electron chi connectivity index (χ0n) is 15.4. The minimum absolute atomic E-state index is 0.0164. The molecule has 1 aliphatic heterocycles. The number of nitrogens with one attached hydrogen (secondary N) is 1. The predicted molar refractivity (Wildman–Crippen MR) is 90.6 cm³/mol. The molecule has 0 aromatic rings. The molecule has 1 aliphatic carbocycles. The lowest BCUT2D eigenvalue weighted by Crippen LogP contribution is -2.49. The van der Waals surface area contributed by atoms with Crippen molar-refractivity contribution in [3.8, 4) is 0 Å². The molecule has 0 bridgehead atoms. The molecule has 124 valence electrons. The van der Waals surface area contributed by atoms with Crippen molar-refractivity contribution in [2.24, 2.45) is 11.3 Å². The standard InChI is InChI=1S/C19H37NO/c1-8-17(2,3)14-9-11-15(12-10-14)20-16-13-18(4,5)21-19(16,6)7/h14-16,20H,8-13H2,1-7H3. The number of hydrogen-bond acceptors (Lipinski definition) is 2. The zero-order chi connectivity index (χ0) is 15.9. The Hall–Kier alpha value is -0.0800. The van der Waals surface area contributed by atoms with E-state index in [1.54, 1.807) is 0 Å². The van der Waals surface area contributed by atoms with Crippen LogP contribution in [0.15, 0.2) is 0 Å². The Labute approximate surface area is 132 Å². The highest BCUT2D eigenvalue weighted by atomic mass is 16.5. The largest absolute Gasteiger partial charge is 0.368 e. The lowest BCUT2D eigenvalue weighted by atomic mass is 9.69. The third-order valence-electron chi connectivity index (χ3n) is 6.25. The summed E-state index contributed by atoms with van der Waals surface area (Å²) in [6.45, 7) is 16.2. The molecule has 2 heteroatoms. The smallest absolute Gasteiger partial charge is 0.0787 e. The van der Waals surface area contributed by atoms with Crippen LogP contribution in [0.2, 0.25) is 0 Å². The molecule has 2 aliphatic rings. The highest BCUT2D eigenvalue weighted by Gasteiger charge is 2.46. The third kappa shape index (κ3) is 4.01. The van der Waals surface area contributed by atoms with Crippen molar-refractivity contribution in [1.29, 1.82) is 0 Å². The first kappa shape index (κ1) is 17.3. The minimum atomic E-state index is -0.0387. The van der Waals surface area contributed by atoms with Crippen LogP contribution in [0.5, 0.6) is 0 Å². The minimum Gasteiger partial charge on any atom is -0.368 e. The summed E-state index contributed by atoms with van der Waals surface area (Å²) < 4.78 is 6.22. The van der Waals surface area contributed by atoms with Gasteiger partial charge in [-0.3, -0.25) is 0 Å². The molecular formula is C19H37NO. The molecule has 0 amide bonds. The molecule has 2 rings (SSSR count). The van der Waals surface area contributed by atoms with Crippen LogP contribution in [0.25, 0.3) is 0 Å². The van der Waals surface area contributed by atoms with E-state index in [-0.39, 0.29) is 11.2 Å². The van der Waals surface area contributed by atoms with Gasteiger partial charge in [0.2, 0.25) is 0 Å². The topological polar surface area (TPSA) is 21.3 Å². The van der Waals surface area contributed by atoms with E-state index in [4.69, 9.17) is 4.74 Å². The molecule has 0 radical (unpaired) electrons. The Morgan fingerprint density at radius 2 is 1.62 bits per heavy atom. The monoisotopic (exact) mass is 295 g/mol. The summed E-state index contributed by atoms with van der Waals surface area (Å²) >= 11 is 0. The predicted octanol–water partition coefficient (Wildman–Crippen LogP) is 4.92. The first-order valence-electron chi connectivity index (χ1n) is 9.02. The van der Waals surface area contributed by atoms with Crippen LogP contribution >= 0.6 is 0 Å². The van der Waals surface area contributed by atoms with Gasteiger partial charge in [0.25, 0.3) is 0 Å². The summed E-state index contributed by atoms with van der Waals surface area (Å²) in [5, 5.41) is 3.93. The van der Waals surface area contributed by atoms with Crippen LogP contribution in [-0.4, -0.2) is 23.3 Å². The zero-order valence-corrected chi connectivity index (χ0v) is 15.4. The molecule has 2 fully saturated rings. The van der Waals surface area contributed by atoms with Crippen molar-refractivity contribution in [1.82, 2.24) is 5.32 Å². The Morgan fingerprint density at radius 1 is 1.05 bits per heavy atom. The first-order chi connectivity index (χ1) is 9.56. The molecule has 0 spiro atoms. The average molecular weight is 296 g/mol. The van der Waals surface area contributed by atoms with Crippen LogP contribution < -0.4 is 5.32 Å². The lowest BCUT2D eigenvalue weighted by Gasteiger charge is -2.40. The normalized spacial score (nSPS) is 35.9. The number of rotatable bonds is 4. The summed E-state index contributed by atoms with van der Waals surface area (Å²) in [4.78, 5) is 0. The fourth-order valence-electron chi connectivity index (χ4n) is 4.44. The van der Waals surface area contributed by atoms with Crippen LogP contribution in [0.3, 0.4) is 0 Å². The summed E-state index contributed by atoms with van der Waals surface area (Å²) in [6.07, 6.45) is 7.86. The van der Waals surface area contributed by atoms with Crippen molar-refractivity contribution < 1.29 is 4.74 Å². The third-order valence-corrected chi connectivity index (χ3v) is 6.25. The van der Waals surface area contributed by atoms with E-state index >= 15 is 0 Å². The van der Waals surface area contributed by atoms with Crippen molar-refractivity contribution in [2.45, 2.75) is 110 Å². The Morgan fingerprint density at radius 3 is 2.05 bits per heavy atom. The van der Waals surface area contributed by atoms with Crippen molar-refractivity contribution >= 4 is 0 Å². The van der Waals surface area contributed by atoms with Crippen molar-refractivity contribution in [2.75, 3.05) is 0 Å². The number of hydrogen-bond donors (Lipinski definition) is 1. The van der Waals surface area contributed by atoms with Gasteiger partial charge in [-0.15, -0.1) is 0 Å². The van der Waals surface area contributed by atoms with E-state index < -0.39 is 0 Å². The SMILES string of the molecule is CCC(C)(C)C1CCC(NC2CC(C)(C)OC2(C)C)CC1. The van der Waals surface area contributed by atoms with Crippen LogP contribution in [0.4, 0.5) is 0 Å². The molecule has 1 saturated carbocycles. The summed E-state index contributed by atoms with van der Waals surface area (Å²) in [6, 6.07) is 1.18. The Bertz CT molecular complexity index is 351. The maximum atomic E-state index is 6.22. The maximum Gasteiger partial charge on any atom is 0.0787 e. The lowest BCUT2D eigenvalue weighted by molar-refractivity contribution is -0.0708. The molecular weight excluding hydrogens is 258 g/mol. The molecule has 2 nitrogen and oxygen atoms in total. The molecule has 1 unspecified atom stereocenters. The van der Waals surface area contributed by atoms with Crippen LogP contribution in [0, 0.1) is 11.3 Å². The van der Waals surface area contributed by atoms with Gasteiger partial charge in [-0.05, 0) is 71.1 Å². The van der Waals surface area contributed by atoms with Crippen molar-refractivity contribution in [3.05, 3.63) is 0 Å². The molecule has 1 heterocycles. The second kappa shape index (κ2) is 5.85. The summed E-state index contributed by atoms with van der Waals surface area (Å²) in [5.74, 6) is 0.907. The van der Waals surface area contributed by atoms with E-state index in [1.807, 2.05) is 0 Å². The van der Waals surface area contributed by atoms with Gasteiger partial charge in [0.15, 0.2) is 0 Å².